The third-order valence-corrected chi connectivity index (χ3v) is 6.63. The van der Waals surface area contributed by atoms with E-state index in [-0.39, 0.29) is 17.8 Å². The van der Waals surface area contributed by atoms with E-state index < -0.39 is 10.0 Å². The van der Waals surface area contributed by atoms with E-state index in [2.05, 4.69) is 5.32 Å². The Morgan fingerprint density at radius 3 is 2.50 bits per heavy atom. The molecule has 0 aromatic heterocycles. The summed E-state index contributed by atoms with van der Waals surface area (Å²) in [5, 5.41) is 2.87. The van der Waals surface area contributed by atoms with Crippen molar-refractivity contribution in [3.63, 3.8) is 0 Å². The van der Waals surface area contributed by atoms with Crippen LogP contribution in [0.4, 0.5) is 5.69 Å². The Balaban J connectivity index is 1.41. The normalized spacial score (nSPS) is 16.7. The third kappa shape index (κ3) is 5.11. The molecule has 3 rings (SSSR count). The summed E-state index contributed by atoms with van der Waals surface area (Å²) >= 11 is 0. The van der Waals surface area contributed by atoms with Gasteiger partial charge in [-0.1, -0.05) is 30.3 Å². The van der Waals surface area contributed by atoms with Gasteiger partial charge in [0.1, 0.15) is 0 Å². The second-order valence-electron chi connectivity index (χ2n) is 6.82. The Labute approximate surface area is 166 Å². The summed E-state index contributed by atoms with van der Waals surface area (Å²) in [6.07, 6.45) is 1.37. The molecule has 28 heavy (non-hydrogen) atoms. The molecule has 0 spiro atoms. The van der Waals surface area contributed by atoms with Gasteiger partial charge in [0, 0.05) is 25.3 Å². The molecule has 0 saturated carbocycles. The summed E-state index contributed by atoms with van der Waals surface area (Å²) < 4.78 is 31.1. The van der Waals surface area contributed by atoms with Gasteiger partial charge in [-0.15, -0.1) is 0 Å². The fraction of sp³-hybridized carbons (Fsp3) is 0.381. The molecule has 1 amide bonds. The number of nitrogens with one attached hydrogen (secondary N) is 1. The van der Waals surface area contributed by atoms with E-state index in [1.165, 1.54) is 4.31 Å². The zero-order valence-corrected chi connectivity index (χ0v) is 16.8. The first-order valence-electron chi connectivity index (χ1n) is 9.52. The lowest BCUT2D eigenvalue weighted by molar-refractivity contribution is 0.0635. The molecule has 0 bridgehead atoms. The number of benzene rings is 2. The number of hydrogen-bond acceptors (Lipinski definition) is 4. The molecule has 6 nitrogen and oxygen atoms in total. The standard InChI is InChI=1S/C21H26N2O4S/c1-17(18-7-3-2-4-8-18)27-15-5-13-22-21(24)19-9-11-20(12-10-19)23-14-6-16-28(23,25)26/h2-4,7-12,17H,5-6,13-16H2,1H3,(H,22,24)/t17-/m0/s1. The maximum Gasteiger partial charge on any atom is 0.251 e. The van der Waals surface area contributed by atoms with Crippen LogP contribution in [0.25, 0.3) is 0 Å². The predicted octanol–water partition coefficient (Wildman–Crippen LogP) is 3.12. The molecule has 7 heteroatoms. The monoisotopic (exact) mass is 402 g/mol. The lowest BCUT2D eigenvalue weighted by atomic mass is 10.1. The molecule has 1 fully saturated rings. The summed E-state index contributed by atoms with van der Waals surface area (Å²) in [4.78, 5) is 12.2. The molecular formula is C21H26N2O4S. The van der Waals surface area contributed by atoms with Gasteiger partial charge in [0.2, 0.25) is 10.0 Å². The van der Waals surface area contributed by atoms with Crippen molar-refractivity contribution in [2.75, 3.05) is 29.8 Å². The molecule has 1 N–H and O–H groups in total. The molecule has 2 aromatic rings. The molecule has 0 radical (unpaired) electrons. The lowest BCUT2D eigenvalue weighted by Gasteiger charge is -2.17. The number of nitrogens with zero attached hydrogens (tertiary/aromatic N) is 1. The third-order valence-electron chi connectivity index (χ3n) is 4.76. The summed E-state index contributed by atoms with van der Waals surface area (Å²) in [6.45, 7) is 3.58. The minimum Gasteiger partial charge on any atom is -0.374 e. The highest BCUT2D eigenvalue weighted by atomic mass is 32.2. The Bertz CT molecular complexity index is 882. The fourth-order valence-electron chi connectivity index (χ4n) is 3.17. The van der Waals surface area contributed by atoms with Crippen molar-refractivity contribution < 1.29 is 17.9 Å². The fourth-order valence-corrected chi connectivity index (χ4v) is 4.73. The molecule has 0 aliphatic carbocycles. The number of ether oxygens (including phenoxy) is 1. The van der Waals surface area contributed by atoms with Crippen molar-refractivity contribution in [3.8, 4) is 0 Å². The molecular weight excluding hydrogens is 376 g/mol. The van der Waals surface area contributed by atoms with Gasteiger partial charge in [0.25, 0.3) is 5.91 Å². The van der Waals surface area contributed by atoms with Crippen molar-refractivity contribution in [2.45, 2.75) is 25.9 Å². The zero-order chi connectivity index (χ0) is 20.0. The first kappa shape index (κ1) is 20.4. The summed E-state index contributed by atoms with van der Waals surface area (Å²) in [7, 11) is -3.20. The van der Waals surface area contributed by atoms with E-state index in [4.69, 9.17) is 4.74 Å². The van der Waals surface area contributed by atoms with Crippen LogP contribution in [-0.2, 0) is 14.8 Å². The van der Waals surface area contributed by atoms with Crippen molar-refractivity contribution >= 4 is 21.6 Å². The first-order chi connectivity index (χ1) is 13.5. The molecule has 1 heterocycles. The van der Waals surface area contributed by atoms with Crippen molar-refractivity contribution in [1.82, 2.24) is 5.32 Å². The number of rotatable bonds is 8. The number of hydrogen-bond donors (Lipinski definition) is 1. The van der Waals surface area contributed by atoms with Gasteiger partial charge in [-0.2, -0.15) is 0 Å². The maximum atomic E-state index is 12.2. The second kappa shape index (κ2) is 9.21. The summed E-state index contributed by atoms with van der Waals surface area (Å²) in [5.74, 6) is 0.00662. The van der Waals surface area contributed by atoms with Gasteiger partial charge in [0.05, 0.1) is 17.5 Å². The van der Waals surface area contributed by atoms with Crippen LogP contribution in [0.3, 0.4) is 0 Å². The highest BCUT2D eigenvalue weighted by Gasteiger charge is 2.28. The topological polar surface area (TPSA) is 75.7 Å². The van der Waals surface area contributed by atoms with E-state index in [1.54, 1.807) is 24.3 Å². The number of amides is 1. The van der Waals surface area contributed by atoms with Gasteiger partial charge >= 0.3 is 0 Å². The van der Waals surface area contributed by atoms with Crippen LogP contribution in [0.2, 0.25) is 0 Å². The Morgan fingerprint density at radius 2 is 1.86 bits per heavy atom. The van der Waals surface area contributed by atoms with Crippen LogP contribution in [-0.4, -0.2) is 39.8 Å². The minimum absolute atomic E-state index is 0.0197. The predicted molar refractivity (Wildman–Crippen MR) is 110 cm³/mol. The van der Waals surface area contributed by atoms with Gasteiger partial charge in [-0.05, 0) is 49.6 Å². The van der Waals surface area contributed by atoms with Crippen LogP contribution in [0, 0.1) is 0 Å². The number of sulfonamides is 1. The molecule has 2 aromatic carbocycles. The highest BCUT2D eigenvalue weighted by Crippen LogP contribution is 2.24. The van der Waals surface area contributed by atoms with Crippen LogP contribution in [0.1, 0.15) is 41.8 Å². The van der Waals surface area contributed by atoms with E-state index in [9.17, 15) is 13.2 Å². The highest BCUT2D eigenvalue weighted by molar-refractivity contribution is 7.93. The summed E-state index contributed by atoms with van der Waals surface area (Å²) in [5.41, 5.74) is 2.25. The van der Waals surface area contributed by atoms with Gasteiger partial charge in [-0.3, -0.25) is 9.10 Å². The number of carbonyl (C=O) groups is 1. The Morgan fingerprint density at radius 1 is 1.14 bits per heavy atom. The molecule has 1 aliphatic rings. The first-order valence-corrected chi connectivity index (χ1v) is 11.1. The molecule has 1 saturated heterocycles. The Hall–Kier alpha value is -2.38. The van der Waals surface area contributed by atoms with E-state index in [0.29, 0.717) is 43.8 Å². The smallest absolute Gasteiger partial charge is 0.251 e. The minimum atomic E-state index is -3.20. The SMILES string of the molecule is C[C@H](OCCCNC(=O)c1ccc(N2CCCS2(=O)=O)cc1)c1ccccc1. The van der Waals surface area contributed by atoms with Gasteiger partial charge in [-0.25, -0.2) is 8.42 Å². The average Bonchev–Trinajstić information content (AvgIpc) is 3.07. The molecule has 150 valence electrons. The van der Waals surface area contributed by atoms with Crippen LogP contribution >= 0.6 is 0 Å². The molecule has 1 aliphatic heterocycles. The van der Waals surface area contributed by atoms with E-state index in [1.807, 2.05) is 37.3 Å². The van der Waals surface area contributed by atoms with E-state index >= 15 is 0 Å². The van der Waals surface area contributed by atoms with Crippen molar-refractivity contribution in [3.05, 3.63) is 65.7 Å². The van der Waals surface area contributed by atoms with Gasteiger partial charge in [0.15, 0.2) is 0 Å². The van der Waals surface area contributed by atoms with Crippen LogP contribution in [0.15, 0.2) is 54.6 Å². The Kier molecular flexibility index (Phi) is 6.70. The zero-order valence-electron chi connectivity index (χ0n) is 16.0. The lowest BCUT2D eigenvalue weighted by Crippen LogP contribution is -2.26. The van der Waals surface area contributed by atoms with Gasteiger partial charge < -0.3 is 10.1 Å². The van der Waals surface area contributed by atoms with Crippen molar-refractivity contribution in [1.29, 1.82) is 0 Å². The average molecular weight is 403 g/mol. The number of anilines is 1. The molecule has 0 unspecified atom stereocenters. The molecule has 1 atom stereocenters. The maximum absolute atomic E-state index is 12.2. The number of carbonyl (C=O) groups excluding carboxylic acids is 1. The summed E-state index contributed by atoms with van der Waals surface area (Å²) in [6, 6.07) is 16.7. The van der Waals surface area contributed by atoms with Crippen molar-refractivity contribution in [2.24, 2.45) is 0 Å². The van der Waals surface area contributed by atoms with Crippen LogP contribution in [0.5, 0.6) is 0 Å². The largest absolute Gasteiger partial charge is 0.374 e. The van der Waals surface area contributed by atoms with Crippen LogP contribution < -0.4 is 9.62 Å². The second-order valence-corrected chi connectivity index (χ2v) is 8.83. The quantitative estimate of drug-likeness (QED) is 0.689. The van der Waals surface area contributed by atoms with E-state index in [0.717, 1.165) is 5.56 Å².